The fourth-order valence-corrected chi connectivity index (χ4v) is 11.3. The standard InChI is InChI=1S/C40H37ClF7N7O7S3/c1-20-32-27-17-28(27)40(47,48)36(32)53(51-20)18-31(56)50-30(15-21-13-22(42)16-23(43)14-21)34-25(8-7-24(49-34)11-12-38(2,3)63(4,57)58)26-9-10-29(41)33-35(26)54(19-39(44,45)46)52-37(33)55(64(5,59)60)65(6,61)62/h7-10,13-14,16,27-28,30H,15,17-19H2,1-6H3,(H,50,56)/t27-,28+,30-/m0/s1. The average molecular weight is 992 g/mol. The molecule has 65 heavy (non-hydrogen) atoms. The number of fused-ring (bicyclic) bond motifs is 4. The van der Waals surface area contributed by atoms with Crippen LogP contribution >= 0.6 is 11.6 Å². The van der Waals surface area contributed by atoms with Gasteiger partial charge in [0, 0.05) is 34.9 Å². The first-order chi connectivity index (χ1) is 29.8. The van der Waals surface area contributed by atoms with Gasteiger partial charge in [0.05, 0.1) is 45.9 Å². The van der Waals surface area contributed by atoms with Gasteiger partial charge in [0.1, 0.15) is 40.9 Å². The lowest BCUT2D eigenvalue weighted by molar-refractivity contribution is -0.141. The number of carbonyl (C=O) groups excluding carboxylic acids is 1. The number of sulfonamides is 2. The summed E-state index contributed by atoms with van der Waals surface area (Å²) in [5, 5.41) is 9.60. The molecule has 2 aliphatic carbocycles. The minimum Gasteiger partial charge on any atom is -0.346 e. The molecule has 5 aromatic rings. The second-order valence-corrected chi connectivity index (χ2v) is 23.3. The van der Waals surface area contributed by atoms with Crippen LogP contribution in [0.1, 0.15) is 66.1 Å². The van der Waals surface area contributed by atoms with Crippen molar-refractivity contribution in [1.29, 1.82) is 0 Å². The first kappa shape index (κ1) is 47.7. The van der Waals surface area contributed by atoms with Gasteiger partial charge in [-0.15, -0.1) is 3.71 Å². The van der Waals surface area contributed by atoms with E-state index in [2.05, 4.69) is 32.3 Å². The number of pyridine rings is 1. The van der Waals surface area contributed by atoms with Gasteiger partial charge >= 0.3 is 6.18 Å². The molecule has 2 aromatic carbocycles. The van der Waals surface area contributed by atoms with E-state index in [9.17, 15) is 52.0 Å². The molecule has 0 saturated heterocycles. The molecule has 1 fully saturated rings. The van der Waals surface area contributed by atoms with Crippen molar-refractivity contribution in [2.75, 3.05) is 22.5 Å². The Morgan fingerprint density at radius 1 is 0.954 bits per heavy atom. The molecule has 7 rings (SSSR count). The predicted molar refractivity (Wildman–Crippen MR) is 225 cm³/mol. The van der Waals surface area contributed by atoms with Gasteiger partial charge in [0.2, 0.25) is 26.0 Å². The van der Waals surface area contributed by atoms with Gasteiger partial charge < -0.3 is 5.32 Å². The zero-order valence-corrected chi connectivity index (χ0v) is 38.1. The Hall–Kier alpha value is -5.25. The molecular formula is C40H37ClF7N7O7S3. The molecule has 2 aliphatic rings. The fraction of sp³-hybridized carbons (Fsp3) is 0.400. The van der Waals surface area contributed by atoms with Gasteiger partial charge in [-0.05, 0) is 81.3 Å². The summed E-state index contributed by atoms with van der Waals surface area (Å²) in [7, 11) is -13.5. The molecule has 3 atom stereocenters. The molecule has 0 aliphatic heterocycles. The summed E-state index contributed by atoms with van der Waals surface area (Å²) in [5.74, 6) is -3.62. The van der Waals surface area contributed by atoms with Gasteiger partial charge in [0.15, 0.2) is 15.7 Å². The number of aromatic nitrogens is 5. The first-order valence-corrected chi connectivity index (χ1v) is 25.2. The molecule has 1 saturated carbocycles. The van der Waals surface area contributed by atoms with E-state index in [1.54, 1.807) is 0 Å². The Kier molecular flexibility index (Phi) is 11.7. The SMILES string of the molecule is Cc1nn(CC(=O)N[C@@H](Cc2cc(F)cc(F)c2)c2nc(C#CC(C)(C)S(C)(=O)=O)ccc2-c2ccc(Cl)c3c(N(S(C)(=O)=O)S(C)(=O)=O)nn(CC(F)(F)F)c23)c2c1[C@H]1C[C@H]1C2(F)F. The van der Waals surface area contributed by atoms with E-state index < -0.39 is 129 Å². The number of halogens is 8. The summed E-state index contributed by atoms with van der Waals surface area (Å²) in [5.41, 5.74) is -1.53. The van der Waals surface area contributed by atoms with E-state index in [-0.39, 0.29) is 48.6 Å². The zero-order valence-electron chi connectivity index (χ0n) is 34.9. The van der Waals surface area contributed by atoms with Crippen molar-refractivity contribution in [2.24, 2.45) is 5.92 Å². The highest BCUT2D eigenvalue weighted by atomic mass is 35.5. The Morgan fingerprint density at radius 3 is 2.15 bits per heavy atom. The van der Waals surface area contributed by atoms with E-state index in [4.69, 9.17) is 11.6 Å². The maximum absolute atomic E-state index is 15.5. The van der Waals surface area contributed by atoms with Crippen molar-refractivity contribution >= 4 is 64.1 Å². The van der Waals surface area contributed by atoms with E-state index in [0.29, 0.717) is 24.1 Å². The largest absolute Gasteiger partial charge is 0.408 e. The number of amides is 1. The van der Waals surface area contributed by atoms with Crippen LogP contribution in [0.4, 0.5) is 36.6 Å². The number of nitrogens with one attached hydrogen (secondary N) is 1. The molecular weight excluding hydrogens is 955 g/mol. The van der Waals surface area contributed by atoms with Gasteiger partial charge in [-0.2, -0.15) is 32.1 Å². The molecule has 1 N–H and O–H groups in total. The lowest BCUT2D eigenvalue weighted by atomic mass is 9.93. The highest BCUT2D eigenvalue weighted by Gasteiger charge is 2.66. The molecule has 0 bridgehead atoms. The fourth-order valence-electron chi connectivity index (χ4n) is 7.95. The third-order valence-electron chi connectivity index (χ3n) is 11.0. The van der Waals surface area contributed by atoms with Gasteiger partial charge in [-0.3, -0.25) is 14.2 Å². The van der Waals surface area contributed by atoms with Gasteiger partial charge in [0.25, 0.3) is 5.92 Å². The molecule has 0 radical (unpaired) electrons. The Labute approximate surface area is 373 Å². The second-order valence-electron chi connectivity index (χ2n) is 16.5. The molecule has 1 amide bonds. The lowest BCUT2D eigenvalue weighted by Gasteiger charge is -2.23. The predicted octanol–water partition coefficient (Wildman–Crippen LogP) is 6.31. The van der Waals surface area contributed by atoms with Crippen LogP contribution in [0, 0.1) is 36.3 Å². The number of anilines is 1. The van der Waals surface area contributed by atoms with Crippen LogP contribution in [0.15, 0.2) is 42.5 Å². The topological polar surface area (TPSA) is 183 Å². The van der Waals surface area contributed by atoms with Crippen LogP contribution in [0.2, 0.25) is 5.02 Å². The first-order valence-electron chi connectivity index (χ1n) is 19.2. The number of rotatable bonds is 12. The van der Waals surface area contributed by atoms with Crippen LogP contribution in [0.25, 0.3) is 22.0 Å². The molecule has 3 heterocycles. The van der Waals surface area contributed by atoms with Crippen molar-refractivity contribution in [3.63, 3.8) is 0 Å². The highest BCUT2D eigenvalue weighted by molar-refractivity contribution is 8.09. The molecule has 0 spiro atoms. The van der Waals surface area contributed by atoms with Crippen molar-refractivity contribution in [3.8, 4) is 23.0 Å². The van der Waals surface area contributed by atoms with E-state index in [1.807, 2.05) is 0 Å². The van der Waals surface area contributed by atoms with Crippen molar-refractivity contribution < 1.29 is 60.8 Å². The second kappa shape index (κ2) is 16.0. The molecule has 0 unspecified atom stereocenters. The number of hydrogen-bond acceptors (Lipinski definition) is 10. The summed E-state index contributed by atoms with van der Waals surface area (Å²) in [6, 6.07) is 5.52. The van der Waals surface area contributed by atoms with Crippen molar-refractivity contribution in [2.45, 2.75) is 75.5 Å². The number of nitrogens with zero attached hydrogens (tertiary/aromatic N) is 6. The van der Waals surface area contributed by atoms with Gasteiger partial charge in [-0.1, -0.05) is 23.6 Å². The Balaban J connectivity index is 1.49. The van der Waals surface area contributed by atoms with Crippen molar-refractivity contribution in [3.05, 3.63) is 93.0 Å². The van der Waals surface area contributed by atoms with Crippen molar-refractivity contribution in [1.82, 2.24) is 29.9 Å². The summed E-state index contributed by atoms with van der Waals surface area (Å²) < 4.78 is 180. The van der Waals surface area contributed by atoms with Crippen LogP contribution < -0.4 is 9.03 Å². The van der Waals surface area contributed by atoms with Gasteiger partial charge in [-0.25, -0.2) is 39.0 Å². The average Bonchev–Trinajstić information content (AvgIpc) is 3.69. The third kappa shape index (κ3) is 9.29. The minimum atomic E-state index is -5.08. The number of alkyl halides is 5. The zero-order chi connectivity index (χ0) is 48.1. The summed E-state index contributed by atoms with van der Waals surface area (Å²) in [6.45, 7) is 1.37. The van der Waals surface area contributed by atoms with E-state index in [1.165, 1.54) is 32.9 Å². The Morgan fingerprint density at radius 2 is 1.57 bits per heavy atom. The van der Waals surface area contributed by atoms with Crippen LogP contribution in [-0.2, 0) is 60.1 Å². The molecule has 348 valence electrons. The number of hydrogen-bond donors (Lipinski definition) is 1. The maximum Gasteiger partial charge on any atom is 0.408 e. The summed E-state index contributed by atoms with van der Waals surface area (Å²) in [4.78, 5) is 18.7. The number of carbonyl (C=O) groups is 1. The number of sulfone groups is 1. The third-order valence-corrected chi connectivity index (χ3v) is 16.4. The number of benzene rings is 2. The molecule has 3 aromatic heterocycles. The smallest absolute Gasteiger partial charge is 0.346 e. The normalized spacial score (nSPS) is 17.6. The quantitative estimate of drug-likeness (QED) is 0.110. The van der Waals surface area contributed by atoms with E-state index >= 15 is 8.78 Å². The monoisotopic (exact) mass is 991 g/mol. The molecule has 14 nitrogen and oxygen atoms in total. The summed E-state index contributed by atoms with van der Waals surface area (Å²) in [6.07, 6.45) is -3.51. The van der Waals surface area contributed by atoms with Crippen LogP contribution in [0.5, 0.6) is 0 Å². The van der Waals surface area contributed by atoms with Crippen LogP contribution in [0.3, 0.4) is 0 Å². The highest BCUT2D eigenvalue weighted by Crippen LogP contribution is 2.67. The summed E-state index contributed by atoms with van der Waals surface area (Å²) >= 11 is 6.53. The van der Waals surface area contributed by atoms with E-state index in [0.717, 1.165) is 35.2 Å². The Bertz CT molecular complexity index is 3180. The number of aryl methyl sites for hydroxylation is 1. The van der Waals surface area contributed by atoms with Crippen LogP contribution in [-0.4, -0.2) is 85.4 Å². The molecule has 25 heteroatoms. The lowest BCUT2D eigenvalue weighted by Crippen LogP contribution is -2.36. The maximum atomic E-state index is 15.5. The minimum absolute atomic E-state index is 0.111.